The zero-order chi connectivity index (χ0) is 18.7. The van der Waals surface area contributed by atoms with Gasteiger partial charge in [-0.3, -0.25) is 4.90 Å². The summed E-state index contributed by atoms with van der Waals surface area (Å²) < 4.78 is 18.7. The van der Waals surface area contributed by atoms with Crippen LogP contribution >= 0.6 is 0 Å². The number of nitrogens with one attached hydrogen (secondary N) is 1. The number of rotatable bonds is 4. The predicted molar refractivity (Wildman–Crippen MR) is 102 cm³/mol. The first kappa shape index (κ1) is 18.7. The number of benzene rings is 1. The Kier molecular flexibility index (Phi) is 5.64. The molecule has 27 heavy (non-hydrogen) atoms. The van der Waals surface area contributed by atoms with E-state index < -0.39 is 0 Å². The van der Waals surface area contributed by atoms with Gasteiger partial charge < -0.3 is 15.0 Å². The van der Waals surface area contributed by atoms with Crippen LogP contribution in [0.3, 0.4) is 0 Å². The lowest BCUT2D eigenvalue weighted by molar-refractivity contribution is 0.0174. The van der Waals surface area contributed by atoms with Crippen molar-refractivity contribution in [3.8, 4) is 0 Å². The van der Waals surface area contributed by atoms with Crippen molar-refractivity contribution in [2.45, 2.75) is 50.1 Å². The number of hydrogen-bond donors (Lipinski definition) is 1. The number of likely N-dealkylation sites (tertiary alicyclic amines) is 1. The quantitative estimate of drug-likeness (QED) is 0.878. The maximum Gasteiger partial charge on any atom is 0.318 e. The summed E-state index contributed by atoms with van der Waals surface area (Å²) in [7, 11) is 0. The number of amides is 2. The van der Waals surface area contributed by atoms with Crippen LogP contribution in [0.15, 0.2) is 24.3 Å². The summed E-state index contributed by atoms with van der Waals surface area (Å²) in [6, 6.07) is 6.64. The largest absolute Gasteiger partial charge is 0.379 e. The number of carbonyl (C=O) groups excluding carboxylic acids is 1. The van der Waals surface area contributed by atoms with Crippen LogP contribution in [-0.2, 0) is 4.74 Å². The van der Waals surface area contributed by atoms with E-state index in [0.717, 1.165) is 64.2 Å². The molecular weight excluding hydrogens is 345 g/mol. The van der Waals surface area contributed by atoms with Crippen molar-refractivity contribution in [1.29, 1.82) is 0 Å². The zero-order valence-corrected chi connectivity index (χ0v) is 16.0. The van der Waals surface area contributed by atoms with Crippen LogP contribution in [0.25, 0.3) is 0 Å². The molecule has 0 unspecified atom stereocenters. The molecular formula is C21H30FN3O2. The van der Waals surface area contributed by atoms with Crippen molar-refractivity contribution in [1.82, 2.24) is 15.1 Å². The molecule has 0 radical (unpaired) electrons. The van der Waals surface area contributed by atoms with Crippen LogP contribution in [0.5, 0.6) is 0 Å². The molecule has 0 spiro atoms. The van der Waals surface area contributed by atoms with E-state index >= 15 is 0 Å². The van der Waals surface area contributed by atoms with E-state index in [2.05, 4.69) is 10.2 Å². The smallest absolute Gasteiger partial charge is 0.318 e. The maximum atomic E-state index is 13.2. The van der Waals surface area contributed by atoms with E-state index in [4.69, 9.17) is 4.74 Å². The Bertz CT molecular complexity index is 639. The maximum absolute atomic E-state index is 13.2. The van der Waals surface area contributed by atoms with Crippen molar-refractivity contribution < 1.29 is 13.9 Å². The van der Waals surface area contributed by atoms with E-state index in [1.807, 2.05) is 4.90 Å². The molecule has 2 amide bonds. The highest BCUT2D eigenvalue weighted by Gasteiger charge is 2.40. The first-order chi connectivity index (χ1) is 13.2. The van der Waals surface area contributed by atoms with Gasteiger partial charge in [0.25, 0.3) is 0 Å². The molecule has 0 bridgehead atoms. The van der Waals surface area contributed by atoms with Crippen LogP contribution in [0.2, 0.25) is 0 Å². The fourth-order valence-corrected chi connectivity index (χ4v) is 4.70. The second-order valence-corrected chi connectivity index (χ2v) is 8.21. The van der Waals surface area contributed by atoms with Gasteiger partial charge in [-0.15, -0.1) is 0 Å². The van der Waals surface area contributed by atoms with Gasteiger partial charge in [-0.25, -0.2) is 9.18 Å². The van der Waals surface area contributed by atoms with Gasteiger partial charge in [-0.2, -0.15) is 0 Å². The first-order valence-electron chi connectivity index (χ1n) is 10.3. The molecule has 2 heterocycles. The van der Waals surface area contributed by atoms with Crippen LogP contribution in [-0.4, -0.2) is 60.8 Å². The molecule has 6 heteroatoms. The molecule has 2 aliphatic heterocycles. The average molecular weight is 375 g/mol. The monoisotopic (exact) mass is 375 g/mol. The lowest BCUT2D eigenvalue weighted by atomic mass is 9.81. The molecule has 2 saturated heterocycles. The summed E-state index contributed by atoms with van der Waals surface area (Å²) in [4.78, 5) is 17.4. The minimum atomic E-state index is -0.235. The van der Waals surface area contributed by atoms with Gasteiger partial charge in [0, 0.05) is 26.2 Å². The minimum Gasteiger partial charge on any atom is -0.379 e. The molecule has 5 nitrogen and oxygen atoms in total. The van der Waals surface area contributed by atoms with E-state index in [9.17, 15) is 9.18 Å². The average Bonchev–Trinajstić information content (AvgIpc) is 2.64. The van der Waals surface area contributed by atoms with Gasteiger partial charge in [0.15, 0.2) is 0 Å². The lowest BCUT2D eigenvalue weighted by Gasteiger charge is -2.47. The summed E-state index contributed by atoms with van der Waals surface area (Å²) in [5.41, 5.74) is 0.888. The summed E-state index contributed by atoms with van der Waals surface area (Å²) in [5.74, 6) is -0.235. The fraction of sp³-hybridized carbons (Fsp3) is 0.667. The first-order valence-corrected chi connectivity index (χ1v) is 10.3. The van der Waals surface area contributed by atoms with Gasteiger partial charge in [0.2, 0.25) is 0 Å². The highest BCUT2D eigenvalue weighted by molar-refractivity contribution is 5.76. The number of halogens is 1. The second kappa shape index (κ2) is 8.15. The molecule has 0 aromatic heterocycles. The van der Waals surface area contributed by atoms with Gasteiger partial charge in [0.1, 0.15) is 5.82 Å². The number of nitrogens with zero attached hydrogens (tertiary/aromatic N) is 2. The van der Waals surface area contributed by atoms with Gasteiger partial charge >= 0.3 is 6.03 Å². The SMILES string of the molecule is O=C(NC1(CN2CCOCC2)CCCCC1)N1CC[C@@H]1c1ccc(F)cc1. The van der Waals surface area contributed by atoms with E-state index in [-0.39, 0.29) is 23.4 Å². The van der Waals surface area contributed by atoms with E-state index in [1.165, 1.54) is 31.4 Å². The van der Waals surface area contributed by atoms with Crippen LogP contribution in [0, 0.1) is 5.82 Å². The second-order valence-electron chi connectivity index (χ2n) is 8.21. The summed E-state index contributed by atoms with van der Waals surface area (Å²) in [5, 5.41) is 3.42. The molecule has 1 atom stereocenters. The van der Waals surface area contributed by atoms with Gasteiger partial charge in [-0.05, 0) is 37.0 Å². The Balaban J connectivity index is 1.42. The van der Waals surface area contributed by atoms with E-state index in [0.29, 0.717) is 0 Å². The zero-order valence-electron chi connectivity index (χ0n) is 16.0. The number of morpholine rings is 1. The van der Waals surface area contributed by atoms with Crippen molar-refractivity contribution >= 4 is 6.03 Å². The highest BCUT2D eigenvalue weighted by atomic mass is 19.1. The Morgan fingerprint density at radius 3 is 2.44 bits per heavy atom. The third kappa shape index (κ3) is 4.27. The van der Waals surface area contributed by atoms with Gasteiger partial charge in [-0.1, -0.05) is 31.4 Å². The fourth-order valence-electron chi connectivity index (χ4n) is 4.70. The van der Waals surface area contributed by atoms with E-state index in [1.54, 1.807) is 12.1 Å². The van der Waals surface area contributed by atoms with Crippen molar-refractivity contribution in [3.05, 3.63) is 35.6 Å². The molecule has 148 valence electrons. The lowest BCUT2D eigenvalue weighted by Crippen LogP contribution is -2.62. The standard InChI is InChI=1S/C21H30FN3O2/c22-18-6-4-17(5-7-18)19-8-11-25(19)20(26)23-21(9-2-1-3-10-21)16-24-12-14-27-15-13-24/h4-7,19H,1-3,8-16H2,(H,23,26)/t19-/m1/s1. The third-order valence-electron chi connectivity index (χ3n) is 6.35. The van der Waals surface area contributed by atoms with Crippen molar-refractivity contribution in [3.63, 3.8) is 0 Å². The summed E-state index contributed by atoms with van der Waals surface area (Å²) in [6.07, 6.45) is 6.63. The van der Waals surface area contributed by atoms with Crippen LogP contribution in [0.4, 0.5) is 9.18 Å². The normalized spacial score (nSPS) is 25.7. The highest BCUT2D eigenvalue weighted by Crippen LogP contribution is 2.35. The topological polar surface area (TPSA) is 44.8 Å². The molecule has 1 N–H and O–H groups in total. The van der Waals surface area contributed by atoms with Crippen LogP contribution < -0.4 is 5.32 Å². The number of ether oxygens (including phenoxy) is 1. The summed E-state index contributed by atoms with van der Waals surface area (Å²) in [6.45, 7) is 5.13. The van der Waals surface area contributed by atoms with Crippen LogP contribution in [0.1, 0.15) is 50.1 Å². The molecule has 3 fully saturated rings. The van der Waals surface area contributed by atoms with Gasteiger partial charge in [0.05, 0.1) is 24.8 Å². The number of carbonyl (C=O) groups is 1. The summed E-state index contributed by atoms with van der Waals surface area (Å²) >= 11 is 0. The molecule has 1 aromatic carbocycles. The number of urea groups is 1. The molecule has 1 aromatic rings. The Morgan fingerprint density at radius 1 is 1.11 bits per heavy atom. The third-order valence-corrected chi connectivity index (χ3v) is 6.35. The van der Waals surface area contributed by atoms with Crippen molar-refractivity contribution in [2.24, 2.45) is 0 Å². The van der Waals surface area contributed by atoms with Crippen molar-refractivity contribution in [2.75, 3.05) is 39.4 Å². The number of hydrogen-bond acceptors (Lipinski definition) is 3. The molecule has 1 saturated carbocycles. The molecule has 3 aliphatic rings. The molecule has 4 rings (SSSR count). The Labute approximate surface area is 160 Å². The predicted octanol–water partition coefficient (Wildman–Crippen LogP) is 3.32. The Morgan fingerprint density at radius 2 is 1.81 bits per heavy atom. The minimum absolute atomic E-state index is 0.0331. The Hall–Kier alpha value is -1.66. The molecule has 1 aliphatic carbocycles.